The van der Waals surface area contributed by atoms with E-state index in [1.165, 1.54) is 17.8 Å². The molecule has 0 spiro atoms. The van der Waals surface area contributed by atoms with Crippen molar-refractivity contribution >= 4 is 29.0 Å². The van der Waals surface area contributed by atoms with E-state index in [1.807, 2.05) is 24.4 Å². The van der Waals surface area contributed by atoms with Crippen molar-refractivity contribution in [1.82, 2.24) is 14.9 Å². The van der Waals surface area contributed by atoms with Gasteiger partial charge in [0.05, 0.1) is 12.6 Å². The summed E-state index contributed by atoms with van der Waals surface area (Å²) in [5.74, 6) is 0.687. The number of hydrogen-bond donors (Lipinski definition) is 1. The number of thioether (sulfide) groups is 1. The molecule has 0 aliphatic carbocycles. The van der Waals surface area contributed by atoms with E-state index in [0.29, 0.717) is 13.0 Å². The van der Waals surface area contributed by atoms with E-state index in [4.69, 9.17) is 0 Å². The van der Waals surface area contributed by atoms with Crippen molar-refractivity contribution in [3.8, 4) is 0 Å². The van der Waals surface area contributed by atoms with Crippen LogP contribution in [0, 0.1) is 6.92 Å². The van der Waals surface area contributed by atoms with Crippen LogP contribution in [0.1, 0.15) is 23.0 Å². The molecule has 1 N–H and O–H groups in total. The lowest BCUT2D eigenvalue weighted by Gasteiger charge is -2.13. The number of amides is 1. The molecule has 1 atom stereocenters. The van der Waals surface area contributed by atoms with Gasteiger partial charge in [0.1, 0.15) is 0 Å². The summed E-state index contributed by atoms with van der Waals surface area (Å²) in [5, 5.41) is 5.60. The predicted octanol–water partition coefficient (Wildman–Crippen LogP) is 1.97. The number of fused-ring (bicyclic) bond motifs is 1. The SMILES string of the molecule is Cc1cc(=O)n2c(n1)SCC2CC(=O)NCc1cccs1. The standard InChI is InChI=1S/C14H15N3O2S2/c1-9-5-13(19)17-10(8-21-14(17)16-9)6-12(18)15-7-11-3-2-4-20-11/h2-5,10H,6-8H2,1H3,(H,15,18). The third-order valence-corrected chi connectivity index (χ3v) is 5.25. The van der Waals surface area contributed by atoms with Crippen LogP contribution in [0.3, 0.4) is 0 Å². The molecule has 5 nitrogen and oxygen atoms in total. The Labute approximate surface area is 130 Å². The van der Waals surface area contributed by atoms with Crippen molar-refractivity contribution < 1.29 is 4.79 Å². The molecule has 1 aliphatic rings. The zero-order valence-corrected chi connectivity index (χ0v) is 13.2. The van der Waals surface area contributed by atoms with E-state index in [1.54, 1.807) is 15.9 Å². The van der Waals surface area contributed by atoms with Gasteiger partial charge in [0.15, 0.2) is 5.16 Å². The summed E-state index contributed by atoms with van der Waals surface area (Å²) in [6.07, 6.45) is 0.315. The van der Waals surface area contributed by atoms with E-state index in [9.17, 15) is 9.59 Å². The number of carbonyl (C=O) groups is 1. The predicted molar refractivity (Wildman–Crippen MR) is 83.8 cm³/mol. The number of thiophene rings is 1. The minimum absolute atomic E-state index is 0.0330. The number of rotatable bonds is 4. The summed E-state index contributed by atoms with van der Waals surface area (Å²) in [7, 11) is 0. The lowest BCUT2D eigenvalue weighted by Crippen LogP contribution is -2.30. The van der Waals surface area contributed by atoms with Gasteiger partial charge in [-0.15, -0.1) is 11.3 Å². The van der Waals surface area contributed by atoms with E-state index in [0.717, 1.165) is 21.5 Å². The second kappa shape index (κ2) is 6.03. The maximum Gasteiger partial charge on any atom is 0.254 e. The second-order valence-electron chi connectivity index (χ2n) is 4.91. The van der Waals surface area contributed by atoms with Crippen LogP contribution in [-0.2, 0) is 11.3 Å². The fourth-order valence-electron chi connectivity index (χ4n) is 2.30. The molecule has 2 aromatic heterocycles. The topological polar surface area (TPSA) is 64.0 Å². The van der Waals surface area contributed by atoms with E-state index >= 15 is 0 Å². The molecule has 110 valence electrons. The molecule has 0 bridgehead atoms. The van der Waals surface area contributed by atoms with Gasteiger partial charge in [-0.25, -0.2) is 4.98 Å². The average Bonchev–Trinajstić information content (AvgIpc) is 3.06. The molecule has 0 saturated carbocycles. The quantitative estimate of drug-likeness (QED) is 0.875. The lowest BCUT2D eigenvalue weighted by molar-refractivity contribution is -0.121. The number of hydrogen-bond acceptors (Lipinski definition) is 5. The number of aromatic nitrogens is 2. The average molecular weight is 321 g/mol. The molecule has 0 aromatic carbocycles. The number of nitrogens with one attached hydrogen (secondary N) is 1. The highest BCUT2D eigenvalue weighted by Crippen LogP contribution is 2.31. The molecule has 2 aromatic rings. The van der Waals surface area contributed by atoms with Gasteiger partial charge in [0.25, 0.3) is 5.56 Å². The summed E-state index contributed by atoms with van der Waals surface area (Å²) in [6.45, 7) is 2.36. The minimum atomic E-state index is -0.103. The highest BCUT2D eigenvalue weighted by molar-refractivity contribution is 7.99. The molecular weight excluding hydrogens is 306 g/mol. The van der Waals surface area contributed by atoms with Gasteiger partial charge in [-0.3, -0.25) is 14.2 Å². The first kappa shape index (κ1) is 14.3. The van der Waals surface area contributed by atoms with Crippen molar-refractivity contribution in [3.05, 3.63) is 44.5 Å². The third-order valence-electron chi connectivity index (χ3n) is 3.28. The van der Waals surface area contributed by atoms with Gasteiger partial charge in [-0.05, 0) is 18.4 Å². The maximum atomic E-state index is 12.0. The van der Waals surface area contributed by atoms with Crippen LogP contribution in [0.25, 0.3) is 0 Å². The molecule has 1 aliphatic heterocycles. The van der Waals surface area contributed by atoms with Crippen LogP contribution in [0.4, 0.5) is 0 Å². The summed E-state index contributed by atoms with van der Waals surface area (Å²) >= 11 is 3.15. The smallest absolute Gasteiger partial charge is 0.254 e. The molecule has 0 saturated heterocycles. The Morgan fingerprint density at radius 2 is 2.43 bits per heavy atom. The van der Waals surface area contributed by atoms with Gasteiger partial charge in [0, 0.05) is 28.8 Å². The Kier molecular flexibility index (Phi) is 4.12. The minimum Gasteiger partial charge on any atom is -0.351 e. The molecule has 3 heterocycles. The Balaban J connectivity index is 1.65. The Morgan fingerprint density at radius 1 is 1.57 bits per heavy atom. The van der Waals surface area contributed by atoms with Crippen molar-refractivity contribution in [2.24, 2.45) is 0 Å². The van der Waals surface area contributed by atoms with Gasteiger partial charge >= 0.3 is 0 Å². The molecule has 7 heteroatoms. The monoisotopic (exact) mass is 321 g/mol. The normalized spacial score (nSPS) is 16.7. The first-order valence-electron chi connectivity index (χ1n) is 6.65. The summed E-state index contributed by atoms with van der Waals surface area (Å²) in [5.41, 5.74) is 0.653. The molecule has 1 unspecified atom stereocenters. The molecular formula is C14H15N3O2S2. The van der Waals surface area contributed by atoms with E-state index in [2.05, 4.69) is 10.3 Å². The van der Waals surface area contributed by atoms with Crippen molar-refractivity contribution in [1.29, 1.82) is 0 Å². The molecule has 0 fully saturated rings. The number of nitrogens with zero attached hydrogens (tertiary/aromatic N) is 2. The third kappa shape index (κ3) is 3.19. The highest BCUT2D eigenvalue weighted by atomic mass is 32.2. The first-order chi connectivity index (χ1) is 10.1. The zero-order valence-electron chi connectivity index (χ0n) is 11.5. The zero-order chi connectivity index (χ0) is 14.8. The largest absolute Gasteiger partial charge is 0.351 e. The lowest BCUT2D eigenvalue weighted by atomic mass is 10.2. The fraction of sp³-hybridized carbons (Fsp3) is 0.357. The summed E-state index contributed by atoms with van der Waals surface area (Å²) in [4.78, 5) is 29.6. The molecule has 21 heavy (non-hydrogen) atoms. The van der Waals surface area contributed by atoms with Crippen LogP contribution in [-0.4, -0.2) is 21.2 Å². The maximum absolute atomic E-state index is 12.0. The van der Waals surface area contributed by atoms with Gasteiger partial charge in [0.2, 0.25) is 5.91 Å². The van der Waals surface area contributed by atoms with Crippen LogP contribution in [0.5, 0.6) is 0 Å². The van der Waals surface area contributed by atoms with E-state index < -0.39 is 0 Å². The van der Waals surface area contributed by atoms with Gasteiger partial charge < -0.3 is 5.32 Å². The van der Waals surface area contributed by atoms with E-state index in [-0.39, 0.29) is 17.5 Å². The Morgan fingerprint density at radius 3 is 3.19 bits per heavy atom. The van der Waals surface area contributed by atoms with Crippen molar-refractivity contribution in [3.63, 3.8) is 0 Å². The summed E-state index contributed by atoms with van der Waals surface area (Å²) in [6, 6.07) is 5.37. The molecule has 0 radical (unpaired) electrons. The first-order valence-corrected chi connectivity index (χ1v) is 8.52. The number of carbonyl (C=O) groups excluding carboxylic acids is 1. The van der Waals surface area contributed by atoms with Crippen LogP contribution in [0.15, 0.2) is 33.5 Å². The highest BCUT2D eigenvalue weighted by Gasteiger charge is 2.27. The Hall–Kier alpha value is -1.60. The second-order valence-corrected chi connectivity index (χ2v) is 6.93. The van der Waals surface area contributed by atoms with Crippen LogP contribution < -0.4 is 10.9 Å². The summed E-state index contributed by atoms with van der Waals surface area (Å²) < 4.78 is 1.64. The molecule has 1 amide bonds. The Bertz CT molecular complexity index is 710. The molecule has 3 rings (SSSR count). The van der Waals surface area contributed by atoms with Crippen LogP contribution >= 0.6 is 23.1 Å². The van der Waals surface area contributed by atoms with Gasteiger partial charge in [-0.2, -0.15) is 0 Å². The number of aryl methyl sites for hydroxylation is 1. The van der Waals surface area contributed by atoms with Gasteiger partial charge in [-0.1, -0.05) is 17.8 Å². The van der Waals surface area contributed by atoms with Crippen molar-refractivity contribution in [2.45, 2.75) is 31.1 Å². The fourth-order valence-corrected chi connectivity index (χ4v) is 4.14. The van der Waals surface area contributed by atoms with Crippen LogP contribution in [0.2, 0.25) is 0 Å². The van der Waals surface area contributed by atoms with Crippen molar-refractivity contribution in [2.75, 3.05) is 5.75 Å².